The van der Waals surface area contributed by atoms with Crippen LogP contribution < -0.4 is 0 Å². The second-order valence-corrected chi connectivity index (χ2v) is 9.94. The number of rotatable bonds is 18. The van der Waals surface area contributed by atoms with Crippen LogP contribution in [0.25, 0.3) is 0 Å². The third-order valence-corrected chi connectivity index (χ3v) is 6.92. The Kier molecular flexibility index (Phi) is 19.0. The molecule has 1 rings (SSSR count). The molecule has 175 valence electrons. The Morgan fingerprint density at radius 2 is 1.26 bits per heavy atom. The number of aromatic hydroxyl groups is 2. The van der Waals surface area contributed by atoms with Gasteiger partial charge in [-0.3, -0.25) is 4.18 Å². The molecule has 1 aromatic carbocycles. The Labute approximate surface area is 232 Å². The van der Waals surface area contributed by atoms with Crippen LogP contribution in [0.5, 0.6) is 11.5 Å². The molecule has 0 bridgehead atoms. The van der Waals surface area contributed by atoms with Gasteiger partial charge in [-0.2, -0.15) is 8.42 Å². The molecule has 1 aromatic rings. The summed E-state index contributed by atoms with van der Waals surface area (Å²) in [7, 11) is -4.09. The van der Waals surface area contributed by atoms with Gasteiger partial charge in [-0.1, -0.05) is 96.8 Å². The number of phenolic OH excluding ortho intramolecular Hbond substituents is 2. The Morgan fingerprint density at radius 3 is 1.74 bits per heavy atom. The van der Waals surface area contributed by atoms with Crippen LogP contribution in [0, 0.1) is 0 Å². The number of unbranched alkanes of at least 4 members (excludes halogenated alkanes) is 13. The summed E-state index contributed by atoms with van der Waals surface area (Å²) in [5.74, 6) is -0.647. The normalized spacial score (nSPS) is 12.5. The summed E-state index contributed by atoms with van der Waals surface area (Å²) in [6.07, 6.45) is 18.1. The van der Waals surface area contributed by atoms with Crippen molar-refractivity contribution < 1.29 is 22.8 Å². The molecule has 31 heavy (non-hydrogen) atoms. The molecule has 0 aromatic heterocycles. The Balaban J connectivity index is 0.00000900. The summed E-state index contributed by atoms with van der Waals surface area (Å²) in [5.41, 5.74) is 0. The minimum atomic E-state index is -4.09. The summed E-state index contributed by atoms with van der Waals surface area (Å²) in [6.45, 7) is 3.98. The molecule has 0 saturated carbocycles. The zero-order chi connectivity index (χ0) is 22.2. The molecule has 5 nitrogen and oxygen atoms in total. The second kappa shape index (κ2) is 18.8. The molecule has 0 aliphatic heterocycles. The fraction of sp³-hybridized carbons (Fsp3) is 0.750. The molecule has 0 aliphatic carbocycles. The van der Waals surface area contributed by atoms with E-state index in [-0.39, 0.29) is 57.1 Å². The maximum absolute atomic E-state index is 12.3. The maximum atomic E-state index is 12.3. The zero-order valence-electron chi connectivity index (χ0n) is 19.9. The predicted molar refractivity (Wildman–Crippen MR) is 128 cm³/mol. The topological polar surface area (TPSA) is 83.8 Å². The first-order valence-corrected chi connectivity index (χ1v) is 13.2. The standard InChI is InChI=1S/C24H42O5S.K/c1-3-4-5-6-7-8-9-10-11-12-13-14-15-16-17-21(2)29-30(27,28)24-20-22(25)18-19-23(24)26;/h18-21,25-26H,3-17H2,1-2H3;. The van der Waals surface area contributed by atoms with Crippen molar-refractivity contribution in [2.75, 3.05) is 0 Å². The smallest absolute Gasteiger partial charge is 0.301 e. The van der Waals surface area contributed by atoms with Gasteiger partial charge >= 0.3 is 10.1 Å². The summed E-state index contributed by atoms with van der Waals surface area (Å²) in [4.78, 5) is -0.393. The second-order valence-electron chi connectivity index (χ2n) is 8.40. The van der Waals surface area contributed by atoms with E-state index in [0.29, 0.717) is 6.42 Å². The van der Waals surface area contributed by atoms with Crippen LogP contribution in [0.2, 0.25) is 0 Å². The molecule has 1 atom stereocenters. The molecule has 1 radical (unpaired) electrons. The van der Waals surface area contributed by atoms with Crippen molar-refractivity contribution in [2.45, 2.75) is 121 Å². The maximum Gasteiger partial charge on any atom is 0.301 e. The Morgan fingerprint density at radius 1 is 0.806 bits per heavy atom. The van der Waals surface area contributed by atoms with Crippen molar-refractivity contribution in [3.05, 3.63) is 18.2 Å². The number of benzene rings is 1. The molecular formula is C24H42KO5S. The van der Waals surface area contributed by atoms with E-state index in [1.54, 1.807) is 6.92 Å². The van der Waals surface area contributed by atoms with Crippen LogP contribution in [0.1, 0.15) is 110 Å². The van der Waals surface area contributed by atoms with Gasteiger partial charge in [-0.05, 0) is 25.5 Å². The van der Waals surface area contributed by atoms with Crippen molar-refractivity contribution in [3.8, 4) is 11.5 Å². The minimum absolute atomic E-state index is 0. The molecule has 0 amide bonds. The van der Waals surface area contributed by atoms with E-state index in [1.165, 1.54) is 83.1 Å². The first kappa shape index (κ1) is 31.4. The third-order valence-electron chi connectivity index (χ3n) is 5.47. The molecule has 2 N–H and O–H groups in total. The van der Waals surface area contributed by atoms with Crippen LogP contribution in [0.15, 0.2) is 23.1 Å². The quantitative estimate of drug-likeness (QED) is 0.106. The van der Waals surface area contributed by atoms with Gasteiger partial charge < -0.3 is 10.2 Å². The van der Waals surface area contributed by atoms with Gasteiger partial charge in [0.05, 0.1) is 6.10 Å². The van der Waals surface area contributed by atoms with Crippen molar-refractivity contribution in [2.24, 2.45) is 0 Å². The molecule has 0 saturated heterocycles. The van der Waals surface area contributed by atoms with Crippen LogP contribution >= 0.6 is 0 Å². The Hall–Kier alpha value is 0.366. The van der Waals surface area contributed by atoms with E-state index < -0.39 is 26.9 Å². The van der Waals surface area contributed by atoms with E-state index in [0.717, 1.165) is 25.0 Å². The van der Waals surface area contributed by atoms with E-state index in [4.69, 9.17) is 4.18 Å². The summed E-state index contributed by atoms with van der Waals surface area (Å²) >= 11 is 0. The number of hydrogen-bond donors (Lipinski definition) is 2. The van der Waals surface area contributed by atoms with E-state index in [9.17, 15) is 18.6 Å². The summed E-state index contributed by atoms with van der Waals surface area (Å²) in [6, 6.07) is 3.38. The first-order valence-electron chi connectivity index (χ1n) is 11.8. The van der Waals surface area contributed by atoms with Crippen LogP contribution in [0.4, 0.5) is 0 Å². The first-order chi connectivity index (χ1) is 14.4. The number of hydrogen-bond acceptors (Lipinski definition) is 5. The molecule has 0 spiro atoms. The van der Waals surface area contributed by atoms with Gasteiger partial charge in [0.2, 0.25) is 0 Å². The fourth-order valence-corrected chi connectivity index (χ4v) is 4.87. The van der Waals surface area contributed by atoms with Crippen LogP contribution in [0.3, 0.4) is 0 Å². The number of phenols is 2. The van der Waals surface area contributed by atoms with Gasteiger partial charge in [0.1, 0.15) is 16.4 Å². The monoisotopic (exact) mass is 481 g/mol. The SMILES string of the molecule is CCCCCCCCCCCCCCCCC(C)OS(=O)(=O)c1cc(O)ccc1O.[K]. The average Bonchev–Trinajstić information content (AvgIpc) is 2.69. The Bertz CT molecular complexity index is 679. The summed E-state index contributed by atoms with van der Waals surface area (Å²) in [5, 5.41) is 19.2. The van der Waals surface area contributed by atoms with Gasteiger partial charge in [0.25, 0.3) is 0 Å². The molecule has 0 fully saturated rings. The third kappa shape index (κ3) is 15.0. The van der Waals surface area contributed by atoms with Crippen LogP contribution in [-0.4, -0.2) is 76.1 Å². The molecule has 1 unspecified atom stereocenters. The largest absolute Gasteiger partial charge is 0.508 e. The van der Waals surface area contributed by atoms with Crippen molar-refractivity contribution >= 4 is 61.5 Å². The van der Waals surface area contributed by atoms with Crippen LogP contribution in [-0.2, 0) is 14.3 Å². The van der Waals surface area contributed by atoms with Crippen molar-refractivity contribution in [3.63, 3.8) is 0 Å². The fourth-order valence-electron chi connectivity index (χ4n) is 3.65. The van der Waals surface area contributed by atoms with Crippen molar-refractivity contribution in [1.29, 1.82) is 0 Å². The van der Waals surface area contributed by atoms with Crippen molar-refractivity contribution in [1.82, 2.24) is 0 Å². The van der Waals surface area contributed by atoms with E-state index in [1.807, 2.05) is 0 Å². The van der Waals surface area contributed by atoms with Gasteiger partial charge in [-0.15, -0.1) is 0 Å². The van der Waals surface area contributed by atoms with Gasteiger partial charge in [0.15, 0.2) is 0 Å². The van der Waals surface area contributed by atoms with E-state index >= 15 is 0 Å². The minimum Gasteiger partial charge on any atom is -0.508 e. The van der Waals surface area contributed by atoms with Gasteiger partial charge in [0, 0.05) is 57.5 Å². The van der Waals surface area contributed by atoms with Gasteiger partial charge in [-0.25, -0.2) is 0 Å². The summed E-state index contributed by atoms with van der Waals surface area (Å²) < 4.78 is 29.7. The molecule has 0 aliphatic rings. The predicted octanol–water partition coefficient (Wildman–Crippen LogP) is 6.68. The average molecular weight is 482 g/mol. The molecular weight excluding hydrogens is 439 g/mol. The molecule has 0 heterocycles. The zero-order valence-corrected chi connectivity index (χ0v) is 23.9. The van der Waals surface area contributed by atoms with E-state index in [2.05, 4.69) is 6.92 Å². The molecule has 7 heteroatoms.